The van der Waals surface area contributed by atoms with Crippen LogP contribution in [0.3, 0.4) is 0 Å². The molecule has 7 heteroatoms. The van der Waals surface area contributed by atoms with Gasteiger partial charge in [-0.05, 0) is 31.2 Å². The zero-order chi connectivity index (χ0) is 17.7. The summed E-state index contributed by atoms with van der Waals surface area (Å²) in [5.74, 6) is 0.971. The summed E-state index contributed by atoms with van der Waals surface area (Å²) in [6.45, 7) is 8.13. The molecule has 0 radical (unpaired) electrons. The number of nitrogens with zero attached hydrogens (tertiary/aromatic N) is 2. The van der Waals surface area contributed by atoms with Crippen LogP contribution in [0.5, 0.6) is 0 Å². The van der Waals surface area contributed by atoms with E-state index >= 15 is 0 Å². The lowest BCUT2D eigenvalue weighted by atomic mass is 9.97. The zero-order valence-corrected chi connectivity index (χ0v) is 14.5. The van der Waals surface area contributed by atoms with Gasteiger partial charge in [0.1, 0.15) is 0 Å². The minimum absolute atomic E-state index is 0.0906. The molecule has 2 rings (SSSR count). The number of nitrogens with one attached hydrogen (secondary N) is 2. The number of rotatable bonds is 6. The summed E-state index contributed by atoms with van der Waals surface area (Å²) in [7, 11) is 0. The molecule has 0 saturated heterocycles. The monoisotopic (exact) mass is 332 g/mol. The van der Waals surface area contributed by atoms with Gasteiger partial charge >= 0.3 is 0 Å². The van der Waals surface area contributed by atoms with Gasteiger partial charge in [0.2, 0.25) is 5.89 Å². The molecule has 1 atom stereocenters. The molecule has 1 heterocycles. The molecule has 1 amide bonds. The molecule has 1 unspecified atom stereocenters. The van der Waals surface area contributed by atoms with Crippen LogP contribution in [0, 0.1) is 0 Å². The van der Waals surface area contributed by atoms with E-state index in [9.17, 15) is 4.79 Å². The Bertz CT molecular complexity index is 674. The van der Waals surface area contributed by atoms with Gasteiger partial charge in [0.05, 0.1) is 13.2 Å². The molecule has 1 aromatic carbocycles. The first-order valence-corrected chi connectivity index (χ1v) is 7.88. The summed E-state index contributed by atoms with van der Waals surface area (Å²) < 4.78 is 5.24. The standard InChI is InChI=1S/C17H24N4O3/c1-11(10-22)19-15(23)12-5-7-13(8-6-12)18-9-14-20-16(24-21-14)17(2,3)4/h5-8,11,18,22H,9-10H2,1-4H3,(H,19,23). The predicted molar refractivity (Wildman–Crippen MR) is 90.8 cm³/mol. The fourth-order valence-electron chi connectivity index (χ4n) is 1.90. The number of hydrogen-bond acceptors (Lipinski definition) is 6. The van der Waals surface area contributed by atoms with Gasteiger partial charge in [0.15, 0.2) is 5.82 Å². The zero-order valence-electron chi connectivity index (χ0n) is 14.5. The lowest BCUT2D eigenvalue weighted by molar-refractivity contribution is 0.0922. The van der Waals surface area contributed by atoms with Crippen LogP contribution < -0.4 is 10.6 Å². The highest BCUT2D eigenvalue weighted by atomic mass is 16.5. The number of amides is 1. The molecule has 0 aliphatic heterocycles. The number of anilines is 1. The van der Waals surface area contributed by atoms with Crippen LogP contribution in [0.4, 0.5) is 5.69 Å². The summed E-state index contributed by atoms with van der Waals surface area (Å²) in [5.41, 5.74) is 1.21. The molecular weight excluding hydrogens is 308 g/mol. The molecule has 7 nitrogen and oxygen atoms in total. The Morgan fingerprint density at radius 2 is 1.96 bits per heavy atom. The third kappa shape index (κ3) is 4.79. The average Bonchev–Trinajstić information content (AvgIpc) is 3.02. The Morgan fingerprint density at radius 1 is 1.29 bits per heavy atom. The Kier molecular flexibility index (Phi) is 5.56. The van der Waals surface area contributed by atoms with Crippen LogP contribution in [0.1, 0.15) is 49.8 Å². The minimum atomic E-state index is -0.273. The fourth-order valence-corrected chi connectivity index (χ4v) is 1.90. The van der Waals surface area contributed by atoms with E-state index in [0.29, 0.717) is 23.8 Å². The maximum Gasteiger partial charge on any atom is 0.251 e. The number of aliphatic hydroxyl groups excluding tert-OH is 1. The molecular formula is C17H24N4O3. The summed E-state index contributed by atoms with van der Waals surface area (Å²) >= 11 is 0. The first kappa shape index (κ1) is 17.9. The second-order valence-electron chi connectivity index (χ2n) is 6.75. The maximum absolute atomic E-state index is 11.9. The van der Waals surface area contributed by atoms with Gasteiger partial charge in [0.25, 0.3) is 5.91 Å². The molecule has 0 fully saturated rings. The lowest BCUT2D eigenvalue weighted by Gasteiger charge is -2.11. The van der Waals surface area contributed by atoms with Crippen molar-refractivity contribution in [2.45, 2.75) is 45.7 Å². The van der Waals surface area contributed by atoms with Crippen LogP contribution in [0.15, 0.2) is 28.8 Å². The first-order valence-electron chi connectivity index (χ1n) is 7.88. The second kappa shape index (κ2) is 7.44. The number of hydrogen-bond donors (Lipinski definition) is 3. The van der Waals surface area contributed by atoms with Gasteiger partial charge in [-0.3, -0.25) is 4.79 Å². The molecule has 0 aliphatic rings. The molecule has 0 spiro atoms. The van der Waals surface area contributed by atoms with Crippen molar-refractivity contribution in [3.8, 4) is 0 Å². The molecule has 24 heavy (non-hydrogen) atoms. The van der Waals surface area contributed by atoms with Crippen molar-refractivity contribution in [3.63, 3.8) is 0 Å². The fraction of sp³-hybridized carbons (Fsp3) is 0.471. The van der Waals surface area contributed by atoms with Gasteiger partial charge in [0, 0.05) is 22.7 Å². The molecule has 0 aliphatic carbocycles. The van der Waals surface area contributed by atoms with Crippen LogP contribution >= 0.6 is 0 Å². The van der Waals surface area contributed by atoms with E-state index in [2.05, 4.69) is 20.8 Å². The largest absolute Gasteiger partial charge is 0.394 e. The summed E-state index contributed by atoms with van der Waals surface area (Å²) in [6.07, 6.45) is 0. The Balaban J connectivity index is 1.92. The minimum Gasteiger partial charge on any atom is -0.394 e. The number of carbonyl (C=O) groups excluding carboxylic acids is 1. The summed E-state index contributed by atoms with van der Waals surface area (Å²) in [5, 5.41) is 18.8. The average molecular weight is 332 g/mol. The van der Waals surface area contributed by atoms with Gasteiger partial charge < -0.3 is 20.3 Å². The van der Waals surface area contributed by atoms with Crippen molar-refractivity contribution in [1.82, 2.24) is 15.5 Å². The van der Waals surface area contributed by atoms with Gasteiger partial charge in [-0.1, -0.05) is 25.9 Å². The maximum atomic E-state index is 11.9. The highest BCUT2D eigenvalue weighted by Gasteiger charge is 2.21. The number of aromatic nitrogens is 2. The molecule has 2 aromatic rings. The van der Waals surface area contributed by atoms with E-state index in [4.69, 9.17) is 9.63 Å². The molecule has 0 saturated carbocycles. The Morgan fingerprint density at radius 3 is 2.50 bits per heavy atom. The first-order chi connectivity index (χ1) is 11.3. The third-order valence-corrected chi connectivity index (χ3v) is 3.36. The van der Waals surface area contributed by atoms with Crippen LogP contribution in [-0.2, 0) is 12.0 Å². The molecule has 0 bridgehead atoms. The summed E-state index contributed by atoms with van der Waals surface area (Å²) in [4.78, 5) is 16.3. The van der Waals surface area contributed by atoms with Crippen LogP contribution in [0.2, 0.25) is 0 Å². The number of carbonyl (C=O) groups is 1. The Hall–Kier alpha value is -2.41. The highest BCUT2D eigenvalue weighted by molar-refractivity contribution is 5.94. The quantitative estimate of drug-likeness (QED) is 0.749. The van der Waals surface area contributed by atoms with Gasteiger partial charge in [-0.2, -0.15) is 4.98 Å². The van der Waals surface area contributed by atoms with E-state index < -0.39 is 0 Å². The predicted octanol–water partition coefficient (Wildman–Crippen LogP) is 2.09. The van der Waals surface area contributed by atoms with E-state index in [1.54, 1.807) is 19.1 Å². The van der Waals surface area contributed by atoms with Crippen molar-refractivity contribution in [2.24, 2.45) is 0 Å². The van der Waals surface area contributed by atoms with Crippen molar-refractivity contribution in [3.05, 3.63) is 41.5 Å². The molecule has 1 aromatic heterocycles. The van der Waals surface area contributed by atoms with E-state index in [0.717, 1.165) is 5.69 Å². The van der Waals surface area contributed by atoms with Crippen LogP contribution in [-0.4, -0.2) is 33.8 Å². The van der Waals surface area contributed by atoms with E-state index in [-0.39, 0.29) is 24.0 Å². The highest BCUT2D eigenvalue weighted by Crippen LogP contribution is 2.20. The smallest absolute Gasteiger partial charge is 0.251 e. The Labute approximate surface area is 141 Å². The van der Waals surface area contributed by atoms with Gasteiger partial charge in [-0.15, -0.1) is 0 Å². The van der Waals surface area contributed by atoms with E-state index in [1.165, 1.54) is 0 Å². The topological polar surface area (TPSA) is 100 Å². The lowest BCUT2D eigenvalue weighted by Crippen LogP contribution is -2.34. The van der Waals surface area contributed by atoms with Crippen LogP contribution in [0.25, 0.3) is 0 Å². The second-order valence-corrected chi connectivity index (χ2v) is 6.75. The van der Waals surface area contributed by atoms with Crippen molar-refractivity contribution in [2.75, 3.05) is 11.9 Å². The van der Waals surface area contributed by atoms with Gasteiger partial charge in [-0.25, -0.2) is 0 Å². The van der Waals surface area contributed by atoms with Crippen molar-refractivity contribution in [1.29, 1.82) is 0 Å². The van der Waals surface area contributed by atoms with E-state index in [1.807, 2.05) is 32.9 Å². The van der Waals surface area contributed by atoms with Crippen molar-refractivity contribution >= 4 is 11.6 Å². The molecule has 3 N–H and O–H groups in total. The summed E-state index contributed by atoms with van der Waals surface area (Å²) in [6, 6.07) is 6.79. The number of benzene rings is 1. The third-order valence-electron chi connectivity index (χ3n) is 3.36. The SMILES string of the molecule is CC(CO)NC(=O)c1ccc(NCc2noc(C(C)(C)C)n2)cc1. The molecule has 130 valence electrons. The normalized spacial score (nSPS) is 12.7. The van der Waals surface area contributed by atoms with Crippen molar-refractivity contribution < 1.29 is 14.4 Å². The number of aliphatic hydroxyl groups is 1.